The molecule has 2 aromatic heterocycles. The maximum Gasteiger partial charge on any atom is 0.251 e. The van der Waals surface area contributed by atoms with E-state index in [4.69, 9.17) is 9.97 Å². The van der Waals surface area contributed by atoms with Gasteiger partial charge in [0.05, 0.1) is 28.7 Å². The Kier molecular flexibility index (Phi) is 6.26. The molecule has 174 valence electrons. The van der Waals surface area contributed by atoms with Crippen LogP contribution in [0.2, 0.25) is 0 Å². The first-order valence-corrected chi connectivity index (χ1v) is 11.2. The van der Waals surface area contributed by atoms with Crippen LogP contribution in [0.4, 0.5) is 8.78 Å². The number of imidazole rings is 1. The molecule has 0 unspecified atom stereocenters. The second kappa shape index (κ2) is 9.80. The van der Waals surface area contributed by atoms with Crippen molar-refractivity contribution in [1.29, 1.82) is 0 Å². The van der Waals surface area contributed by atoms with Crippen molar-refractivity contribution in [1.82, 2.24) is 25.3 Å². The third-order valence-corrected chi connectivity index (χ3v) is 5.63. The Hall–Kier alpha value is -4.46. The number of carbonyl (C=O) groups is 1. The third kappa shape index (κ3) is 5.06. The highest BCUT2D eigenvalue weighted by Crippen LogP contribution is 2.31. The maximum absolute atomic E-state index is 13.5. The minimum atomic E-state index is -0.364. The molecular weight excluding hydrogens is 448 g/mol. The first-order chi connectivity index (χ1) is 17.1. The fourth-order valence-electron chi connectivity index (χ4n) is 3.82. The van der Waals surface area contributed by atoms with E-state index in [9.17, 15) is 13.6 Å². The standard InChI is InChI=1S/C27H21F2N5O/c28-20-8-3-17(4-9-20)25-26(18-5-10-21(29)11-6-18)34-24-14-19(7-12-23(24)33-25)27(35)31-13-1-2-22-15-30-16-32-22/h3-12,14-16H,1-2,13H2,(H,30,32)(H,31,35). The number of nitrogens with zero attached hydrogens (tertiary/aromatic N) is 3. The molecule has 0 atom stereocenters. The number of benzene rings is 3. The van der Waals surface area contributed by atoms with E-state index in [-0.39, 0.29) is 17.5 Å². The van der Waals surface area contributed by atoms with E-state index in [1.54, 1.807) is 55.0 Å². The first kappa shape index (κ1) is 22.3. The van der Waals surface area contributed by atoms with Gasteiger partial charge in [0, 0.05) is 35.1 Å². The minimum Gasteiger partial charge on any atom is -0.352 e. The lowest BCUT2D eigenvalue weighted by Gasteiger charge is -2.12. The molecule has 8 heteroatoms. The summed E-state index contributed by atoms with van der Waals surface area (Å²) < 4.78 is 27.1. The molecule has 0 spiro atoms. The number of H-pyrrole nitrogens is 1. The number of fused-ring (bicyclic) bond motifs is 1. The van der Waals surface area contributed by atoms with Gasteiger partial charge in [0.25, 0.3) is 5.91 Å². The van der Waals surface area contributed by atoms with Gasteiger partial charge < -0.3 is 10.3 Å². The van der Waals surface area contributed by atoms with Gasteiger partial charge in [-0.15, -0.1) is 0 Å². The molecule has 35 heavy (non-hydrogen) atoms. The zero-order valence-electron chi connectivity index (χ0n) is 18.6. The summed E-state index contributed by atoms with van der Waals surface area (Å²) in [4.78, 5) is 29.3. The summed E-state index contributed by atoms with van der Waals surface area (Å²) in [5, 5.41) is 2.92. The average Bonchev–Trinajstić information content (AvgIpc) is 3.40. The summed E-state index contributed by atoms with van der Waals surface area (Å²) in [6.07, 6.45) is 4.96. The summed E-state index contributed by atoms with van der Waals surface area (Å²) in [7, 11) is 0. The monoisotopic (exact) mass is 469 g/mol. The number of nitrogens with one attached hydrogen (secondary N) is 2. The second-order valence-corrected chi connectivity index (χ2v) is 8.07. The van der Waals surface area contributed by atoms with Gasteiger partial charge in [0.1, 0.15) is 11.6 Å². The van der Waals surface area contributed by atoms with Crippen LogP contribution in [-0.2, 0) is 6.42 Å². The van der Waals surface area contributed by atoms with E-state index in [1.807, 2.05) is 0 Å². The third-order valence-electron chi connectivity index (χ3n) is 5.63. The Bertz CT molecular complexity index is 1470. The van der Waals surface area contributed by atoms with Crippen LogP contribution in [0.15, 0.2) is 79.3 Å². The van der Waals surface area contributed by atoms with Crippen molar-refractivity contribution >= 4 is 16.9 Å². The van der Waals surface area contributed by atoms with E-state index >= 15 is 0 Å². The van der Waals surface area contributed by atoms with Crippen LogP contribution in [0.3, 0.4) is 0 Å². The summed E-state index contributed by atoms with van der Waals surface area (Å²) in [6.45, 7) is 0.520. The normalized spacial score (nSPS) is 11.0. The van der Waals surface area contributed by atoms with Crippen LogP contribution in [-0.4, -0.2) is 32.4 Å². The minimum absolute atomic E-state index is 0.204. The molecule has 0 aliphatic heterocycles. The fraction of sp³-hybridized carbons (Fsp3) is 0.111. The highest BCUT2D eigenvalue weighted by molar-refractivity contribution is 5.98. The zero-order valence-corrected chi connectivity index (χ0v) is 18.6. The zero-order chi connectivity index (χ0) is 24.2. The summed E-state index contributed by atoms with van der Waals surface area (Å²) in [6, 6.07) is 17.0. The van der Waals surface area contributed by atoms with Crippen molar-refractivity contribution in [2.75, 3.05) is 6.54 Å². The predicted molar refractivity (Wildman–Crippen MR) is 130 cm³/mol. The van der Waals surface area contributed by atoms with E-state index in [2.05, 4.69) is 15.3 Å². The lowest BCUT2D eigenvalue weighted by atomic mass is 10.0. The van der Waals surface area contributed by atoms with Crippen molar-refractivity contribution < 1.29 is 13.6 Å². The smallest absolute Gasteiger partial charge is 0.251 e. The van der Waals surface area contributed by atoms with E-state index in [1.165, 1.54) is 24.3 Å². The van der Waals surface area contributed by atoms with Gasteiger partial charge in [-0.05, 0) is 79.6 Å². The van der Waals surface area contributed by atoms with Crippen molar-refractivity contribution in [3.63, 3.8) is 0 Å². The number of aryl methyl sites for hydroxylation is 1. The van der Waals surface area contributed by atoms with Crippen molar-refractivity contribution in [2.24, 2.45) is 0 Å². The fourth-order valence-corrected chi connectivity index (χ4v) is 3.82. The van der Waals surface area contributed by atoms with E-state index in [0.717, 1.165) is 18.5 Å². The van der Waals surface area contributed by atoms with Gasteiger partial charge >= 0.3 is 0 Å². The second-order valence-electron chi connectivity index (χ2n) is 8.07. The number of hydrogen-bond donors (Lipinski definition) is 2. The van der Waals surface area contributed by atoms with E-state index in [0.29, 0.717) is 45.7 Å². The van der Waals surface area contributed by atoms with Crippen LogP contribution in [0.25, 0.3) is 33.5 Å². The lowest BCUT2D eigenvalue weighted by molar-refractivity contribution is 0.0953. The molecule has 0 aliphatic carbocycles. The maximum atomic E-state index is 13.5. The molecule has 0 bridgehead atoms. The van der Waals surface area contributed by atoms with Gasteiger partial charge in [0.15, 0.2) is 0 Å². The van der Waals surface area contributed by atoms with Gasteiger partial charge in [0.2, 0.25) is 0 Å². The predicted octanol–water partition coefficient (Wildman–Crippen LogP) is 5.33. The molecule has 2 heterocycles. The molecule has 0 aliphatic rings. The number of carbonyl (C=O) groups excluding carboxylic acids is 1. The van der Waals surface area contributed by atoms with Crippen molar-refractivity contribution in [3.8, 4) is 22.5 Å². The Balaban J connectivity index is 1.45. The largest absolute Gasteiger partial charge is 0.352 e. The van der Waals surface area contributed by atoms with Crippen LogP contribution in [0, 0.1) is 11.6 Å². The number of hydrogen-bond acceptors (Lipinski definition) is 4. The molecule has 3 aromatic carbocycles. The quantitative estimate of drug-likeness (QED) is 0.316. The molecule has 5 aromatic rings. The Labute approximate surface area is 200 Å². The number of amides is 1. The van der Waals surface area contributed by atoms with Crippen molar-refractivity contribution in [2.45, 2.75) is 12.8 Å². The van der Waals surface area contributed by atoms with Crippen LogP contribution >= 0.6 is 0 Å². The molecule has 2 N–H and O–H groups in total. The van der Waals surface area contributed by atoms with Gasteiger partial charge in [-0.25, -0.2) is 23.7 Å². The number of rotatable bonds is 7. The molecular formula is C27H21F2N5O. The highest BCUT2D eigenvalue weighted by atomic mass is 19.1. The lowest BCUT2D eigenvalue weighted by Crippen LogP contribution is -2.24. The molecule has 1 amide bonds. The number of aromatic amines is 1. The summed E-state index contributed by atoms with van der Waals surface area (Å²) in [5.41, 5.74) is 5.00. The van der Waals surface area contributed by atoms with Gasteiger partial charge in [-0.1, -0.05) is 0 Å². The van der Waals surface area contributed by atoms with E-state index < -0.39 is 0 Å². The highest BCUT2D eigenvalue weighted by Gasteiger charge is 2.15. The molecule has 0 fully saturated rings. The average molecular weight is 469 g/mol. The Morgan fingerprint density at radius 1 is 0.829 bits per heavy atom. The molecule has 0 saturated heterocycles. The SMILES string of the molecule is O=C(NCCCc1cnc[nH]1)c1ccc2nc(-c3ccc(F)cc3)c(-c3ccc(F)cc3)nc2c1. The molecule has 0 radical (unpaired) electrons. The van der Waals surface area contributed by atoms with Gasteiger partial charge in [-0.3, -0.25) is 4.79 Å². The van der Waals surface area contributed by atoms with Crippen LogP contribution in [0.5, 0.6) is 0 Å². The van der Waals surface area contributed by atoms with Gasteiger partial charge in [-0.2, -0.15) is 0 Å². The first-order valence-electron chi connectivity index (χ1n) is 11.2. The Morgan fingerprint density at radius 3 is 2.06 bits per heavy atom. The molecule has 0 saturated carbocycles. The van der Waals surface area contributed by atoms with Crippen molar-refractivity contribution in [3.05, 3.63) is 102 Å². The van der Waals surface area contributed by atoms with Crippen LogP contribution < -0.4 is 5.32 Å². The number of aromatic nitrogens is 4. The topological polar surface area (TPSA) is 83.6 Å². The Morgan fingerprint density at radius 2 is 1.46 bits per heavy atom. The number of halogens is 2. The molecule has 5 rings (SSSR count). The molecule has 6 nitrogen and oxygen atoms in total. The summed E-state index contributed by atoms with van der Waals surface area (Å²) in [5.74, 6) is -0.924. The summed E-state index contributed by atoms with van der Waals surface area (Å²) >= 11 is 0. The van der Waals surface area contributed by atoms with Crippen LogP contribution in [0.1, 0.15) is 22.5 Å².